The smallest absolute Gasteiger partial charge is 0.318 e. The van der Waals surface area contributed by atoms with Crippen molar-refractivity contribution >= 4 is 16.0 Å². The lowest BCUT2D eigenvalue weighted by atomic mass is 10.2. The molecule has 0 aliphatic rings. The van der Waals surface area contributed by atoms with Gasteiger partial charge < -0.3 is 5.11 Å². The number of sulfonamides is 1. The van der Waals surface area contributed by atoms with Crippen LogP contribution in [0.1, 0.15) is 11.1 Å². The van der Waals surface area contributed by atoms with E-state index >= 15 is 0 Å². The lowest BCUT2D eigenvalue weighted by Gasteiger charge is -2.18. The molecule has 0 unspecified atom stereocenters. The Morgan fingerprint density at radius 2 is 1.84 bits per heavy atom. The summed E-state index contributed by atoms with van der Waals surface area (Å²) in [6, 6.07) is 4.82. The molecule has 1 rings (SSSR count). The van der Waals surface area contributed by atoms with E-state index in [1.54, 1.807) is 13.8 Å². The maximum atomic E-state index is 12.3. The summed E-state index contributed by atoms with van der Waals surface area (Å²) in [6.45, 7) is 2.62. The minimum Gasteiger partial charge on any atom is -0.480 e. The second-order valence-electron chi connectivity index (χ2n) is 4.19. The standard InChI is InChI=1S/C13H15NO4S/c1-4-5-14(9-13(15)16)19(17,18)12-7-10(2)6-11(3)8-12/h1,6-8H,5,9H2,2-3H3,(H,15,16). The fourth-order valence-corrected chi connectivity index (χ4v) is 3.20. The predicted octanol–water partition coefficient (Wildman–Crippen LogP) is 1.01. The van der Waals surface area contributed by atoms with Gasteiger partial charge in [-0.3, -0.25) is 4.79 Å². The van der Waals surface area contributed by atoms with Gasteiger partial charge in [0.25, 0.3) is 0 Å². The van der Waals surface area contributed by atoms with Crippen LogP contribution in [0.2, 0.25) is 0 Å². The largest absolute Gasteiger partial charge is 0.480 e. The summed E-state index contributed by atoms with van der Waals surface area (Å²) in [4.78, 5) is 10.8. The highest BCUT2D eigenvalue weighted by atomic mass is 32.2. The van der Waals surface area contributed by atoms with Crippen molar-refractivity contribution < 1.29 is 18.3 Å². The average Bonchev–Trinajstić information content (AvgIpc) is 2.26. The molecule has 0 aliphatic carbocycles. The van der Waals surface area contributed by atoms with Gasteiger partial charge in [0.15, 0.2) is 0 Å². The molecule has 19 heavy (non-hydrogen) atoms. The van der Waals surface area contributed by atoms with Gasteiger partial charge in [-0.15, -0.1) is 6.42 Å². The van der Waals surface area contributed by atoms with Crippen LogP contribution in [0, 0.1) is 26.2 Å². The fourth-order valence-electron chi connectivity index (χ4n) is 1.71. The van der Waals surface area contributed by atoms with Gasteiger partial charge in [0, 0.05) is 0 Å². The molecule has 0 saturated carbocycles. The number of aliphatic carboxylic acids is 1. The van der Waals surface area contributed by atoms with Crippen molar-refractivity contribution in [1.29, 1.82) is 0 Å². The Morgan fingerprint density at radius 3 is 2.26 bits per heavy atom. The van der Waals surface area contributed by atoms with Crippen molar-refractivity contribution in [1.82, 2.24) is 4.31 Å². The molecule has 1 aromatic rings. The number of aryl methyl sites for hydroxylation is 2. The SMILES string of the molecule is C#CCN(CC(=O)O)S(=O)(=O)c1cc(C)cc(C)c1. The summed E-state index contributed by atoms with van der Waals surface area (Å²) >= 11 is 0. The first-order valence-corrected chi connectivity index (χ1v) is 6.95. The van der Waals surface area contributed by atoms with Crippen molar-refractivity contribution in [3.05, 3.63) is 29.3 Å². The Bertz CT molecular complexity index is 608. The van der Waals surface area contributed by atoms with Crippen LogP contribution < -0.4 is 0 Å². The monoisotopic (exact) mass is 281 g/mol. The number of hydrogen-bond donors (Lipinski definition) is 1. The van der Waals surface area contributed by atoms with E-state index in [2.05, 4.69) is 5.92 Å². The Balaban J connectivity index is 3.26. The van der Waals surface area contributed by atoms with E-state index in [0.29, 0.717) is 0 Å². The summed E-state index contributed by atoms with van der Waals surface area (Å²) in [7, 11) is -3.89. The molecule has 0 bridgehead atoms. The molecular formula is C13H15NO4S. The molecule has 0 fully saturated rings. The van der Waals surface area contributed by atoms with E-state index < -0.39 is 22.5 Å². The van der Waals surface area contributed by atoms with Crippen LogP contribution in [0.15, 0.2) is 23.1 Å². The van der Waals surface area contributed by atoms with E-state index in [0.717, 1.165) is 15.4 Å². The number of carbonyl (C=O) groups is 1. The highest BCUT2D eigenvalue weighted by Crippen LogP contribution is 2.18. The van der Waals surface area contributed by atoms with Gasteiger partial charge >= 0.3 is 5.97 Å². The summed E-state index contributed by atoms with van der Waals surface area (Å²) in [5.41, 5.74) is 1.57. The quantitative estimate of drug-likeness (QED) is 0.817. The molecule has 0 saturated heterocycles. The molecule has 0 amide bonds. The molecule has 0 spiro atoms. The normalized spacial score (nSPS) is 11.3. The van der Waals surface area contributed by atoms with E-state index in [1.807, 2.05) is 6.07 Å². The van der Waals surface area contributed by atoms with Crippen molar-refractivity contribution in [2.75, 3.05) is 13.1 Å². The van der Waals surface area contributed by atoms with Crippen LogP contribution >= 0.6 is 0 Å². The average molecular weight is 281 g/mol. The van der Waals surface area contributed by atoms with Crippen LogP contribution in [0.5, 0.6) is 0 Å². The van der Waals surface area contributed by atoms with E-state index in [-0.39, 0.29) is 11.4 Å². The predicted molar refractivity (Wildman–Crippen MR) is 71.1 cm³/mol. The first kappa shape index (κ1) is 15.2. The highest BCUT2D eigenvalue weighted by Gasteiger charge is 2.26. The minimum atomic E-state index is -3.89. The third kappa shape index (κ3) is 3.81. The molecule has 0 radical (unpaired) electrons. The summed E-state index contributed by atoms with van der Waals surface area (Å²) in [5, 5.41) is 8.76. The van der Waals surface area contributed by atoms with Crippen molar-refractivity contribution in [3.8, 4) is 12.3 Å². The number of carboxylic acids is 1. The number of benzene rings is 1. The van der Waals surface area contributed by atoms with Crippen molar-refractivity contribution in [3.63, 3.8) is 0 Å². The van der Waals surface area contributed by atoms with Gasteiger partial charge in [-0.2, -0.15) is 4.31 Å². The zero-order chi connectivity index (χ0) is 14.6. The molecule has 102 valence electrons. The van der Waals surface area contributed by atoms with Crippen LogP contribution in [-0.2, 0) is 14.8 Å². The van der Waals surface area contributed by atoms with Crippen LogP contribution in [0.4, 0.5) is 0 Å². The van der Waals surface area contributed by atoms with Crippen LogP contribution in [0.3, 0.4) is 0 Å². The lowest BCUT2D eigenvalue weighted by Crippen LogP contribution is -2.36. The maximum absolute atomic E-state index is 12.3. The second-order valence-corrected chi connectivity index (χ2v) is 6.13. The Hall–Kier alpha value is -1.84. The molecule has 0 heterocycles. The molecule has 0 aromatic heterocycles. The first-order chi connectivity index (χ1) is 8.77. The van der Waals surface area contributed by atoms with Crippen molar-refractivity contribution in [2.24, 2.45) is 0 Å². The van der Waals surface area contributed by atoms with Gasteiger partial charge in [0.2, 0.25) is 10.0 Å². The van der Waals surface area contributed by atoms with Gasteiger partial charge in [-0.1, -0.05) is 12.0 Å². The number of nitrogens with zero attached hydrogens (tertiary/aromatic N) is 1. The van der Waals surface area contributed by atoms with Crippen LogP contribution in [-0.4, -0.2) is 36.9 Å². The molecule has 1 aromatic carbocycles. The Labute approximate surface area is 112 Å². The summed E-state index contributed by atoms with van der Waals surface area (Å²) in [6.07, 6.45) is 5.09. The molecular weight excluding hydrogens is 266 g/mol. The first-order valence-electron chi connectivity index (χ1n) is 5.51. The van der Waals surface area contributed by atoms with Crippen LogP contribution in [0.25, 0.3) is 0 Å². The third-order valence-electron chi connectivity index (χ3n) is 2.41. The zero-order valence-electron chi connectivity index (χ0n) is 10.8. The number of carboxylic acid groups (broad SMARTS) is 1. The zero-order valence-corrected chi connectivity index (χ0v) is 11.6. The molecule has 1 N–H and O–H groups in total. The highest BCUT2D eigenvalue weighted by molar-refractivity contribution is 7.89. The van der Waals surface area contributed by atoms with E-state index in [1.165, 1.54) is 12.1 Å². The fraction of sp³-hybridized carbons (Fsp3) is 0.308. The van der Waals surface area contributed by atoms with Gasteiger partial charge in [0.05, 0.1) is 11.4 Å². The minimum absolute atomic E-state index is 0.0569. The summed E-state index contributed by atoms with van der Waals surface area (Å²) in [5.74, 6) is 0.915. The molecule has 0 atom stereocenters. The molecule has 6 heteroatoms. The van der Waals surface area contributed by atoms with E-state index in [9.17, 15) is 13.2 Å². The molecule has 0 aliphatic heterocycles. The number of rotatable bonds is 5. The Morgan fingerprint density at radius 1 is 1.32 bits per heavy atom. The Kier molecular flexibility index (Phi) is 4.70. The van der Waals surface area contributed by atoms with E-state index in [4.69, 9.17) is 11.5 Å². The second kappa shape index (κ2) is 5.87. The number of hydrogen-bond acceptors (Lipinski definition) is 3. The third-order valence-corrected chi connectivity index (χ3v) is 4.18. The molecule has 5 nitrogen and oxygen atoms in total. The van der Waals surface area contributed by atoms with Crippen molar-refractivity contribution in [2.45, 2.75) is 18.7 Å². The van der Waals surface area contributed by atoms with Gasteiger partial charge in [0.1, 0.15) is 6.54 Å². The van der Waals surface area contributed by atoms with Gasteiger partial charge in [-0.25, -0.2) is 8.42 Å². The van der Waals surface area contributed by atoms with Gasteiger partial charge in [-0.05, 0) is 37.1 Å². The maximum Gasteiger partial charge on any atom is 0.318 e. The summed E-state index contributed by atoms with van der Waals surface area (Å²) < 4.78 is 25.4. The topological polar surface area (TPSA) is 74.7 Å². The lowest BCUT2D eigenvalue weighted by molar-refractivity contribution is -0.137. The number of terminal acetylenes is 1.